The van der Waals surface area contributed by atoms with Gasteiger partial charge in [0, 0.05) is 37.6 Å². The van der Waals surface area contributed by atoms with Gasteiger partial charge < -0.3 is 9.32 Å². The van der Waals surface area contributed by atoms with E-state index in [0.29, 0.717) is 6.04 Å². The van der Waals surface area contributed by atoms with E-state index in [1.54, 1.807) is 6.33 Å². The number of hydrogen-bond donors (Lipinski definition) is 0. The number of furan rings is 1. The molecule has 3 aromatic rings. The lowest BCUT2D eigenvalue weighted by Crippen LogP contribution is -2.35. The van der Waals surface area contributed by atoms with Crippen molar-refractivity contribution in [1.29, 1.82) is 0 Å². The van der Waals surface area contributed by atoms with Gasteiger partial charge in [0.15, 0.2) is 11.4 Å². The maximum absolute atomic E-state index is 6.06. The van der Waals surface area contributed by atoms with E-state index in [1.807, 2.05) is 18.2 Å². The van der Waals surface area contributed by atoms with Gasteiger partial charge in [-0.3, -0.25) is 4.90 Å². The second-order valence-corrected chi connectivity index (χ2v) is 6.29. The van der Waals surface area contributed by atoms with Crippen molar-refractivity contribution in [2.75, 3.05) is 31.1 Å². The van der Waals surface area contributed by atoms with Gasteiger partial charge in [0.05, 0.1) is 0 Å². The minimum absolute atomic E-state index is 0.597. The zero-order valence-electron chi connectivity index (χ0n) is 12.9. The van der Waals surface area contributed by atoms with E-state index in [4.69, 9.17) is 4.42 Å². The van der Waals surface area contributed by atoms with Crippen molar-refractivity contribution in [3.8, 4) is 0 Å². The molecule has 0 saturated carbocycles. The SMILES string of the molecule is C1=CCN(C2CCN(c3ncnc4c3oc3ccccc34)C2)C1. The first-order valence-corrected chi connectivity index (χ1v) is 8.16. The molecule has 2 aliphatic rings. The summed E-state index contributed by atoms with van der Waals surface area (Å²) in [5, 5.41) is 1.06. The molecule has 1 saturated heterocycles. The van der Waals surface area contributed by atoms with E-state index < -0.39 is 0 Å². The summed E-state index contributed by atoms with van der Waals surface area (Å²) < 4.78 is 6.06. The monoisotopic (exact) mass is 306 g/mol. The number of hydrogen-bond acceptors (Lipinski definition) is 5. The predicted octanol–water partition coefficient (Wildman–Crippen LogP) is 2.83. The molecule has 0 radical (unpaired) electrons. The maximum Gasteiger partial charge on any atom is 0.196 e. The average molecular weight is 306 g/mol. The number of para-hydroxylation sites is 1. The van der Waals surface area contributed by atoms with Crippen LogP contribution in [0.2, 0.25) is 0 Å². The fourth-order valence-electron chi connectivity index (χ4n) is 3.76. The molecular formula is C18H18N4O. The summed E-state index contributed by atoms with van der Waals surface area (Å²) in [5.41, 5.74) is 2.61. The van der Waals surface area contributed by atoms with Crippen LogP contribution in [0.4, 0.5) is 5.82 Å². The predicted molar refractivity (Wildman–Crippen MR) is 90.6 cm³/mol. The smallest absolute Gasteiger partial charge is 0.196 e. The summed E-state index contributed by atoms with van der Waals surface area (Å²) in [6.45, 7) is 4.17. The van der Waals surface area contributed by atoms with Gasteiger partial charge in [0.25, 0.3) is 0 Å². The average Bonchev–Trinajstić information content (AvgIpc) is 3.32. The molecule has 0 N–H and O–H groups in total. The molecule has 116 valence electrons. The lowest BCUT2D eigenvalue weighted by Gasteiger charge is -2.23. The zero-order valence-corrected chi connectivity index (χ0v) is 12.9. The quantitative estimate of drug-likeness (QED) is 0.681. The van der Waals surface area contributed by atoms with Crippen LogP contribution in [-0.2, 0) is 0 Å². The first-order chi connectivity index (χ1) is 11.4. The van der Waals surface area contributed by atoms with Crippen LogP contribution in [-0.4, -0.2) is 47.1 Å². The maximum atomic E-state index is 6.06. The van der Waals surface area contributed by atoms with Crippen molar-refractivity contribution in [2.24, 2.45) is 0 Å². The highest BCUT2D eigenvalue weighted by Gasteiger charge is 2.30. The van der Waals surface area contributed by atoms with Gasteiger partial charge in [0.1, 0.15) is 17.4 Å². The Balaban J connectivity index is 1.53. The third kappa shape index (κ3) is 2.04. The fraction of sp³-hybridized carbons (Fsp3) is 0.333. The molecule has 23 heavy (non-hydrogen) atoms. The lowest BCUT2D eigenvalue weighted by molar-refractivity contribution is 0.271. The van der Waals surface area contributed by atoms with Crippen molar-refractivity contribution >= 4 is 27.9 Å². The molecule has 2 aliphatic heterocycles. The molecule has 1 fully saturated rings. The molecule has 2 aromatic heterocycles. The van der Waals surface area contributed by atoms with E-state index in [0.717, 1.165) is 54.1 Å². The lowest BCUT2D eigenvalue weighted by atomic mass is 10.2. The van der Waals surface area contributed by atoms with E-state index in [-0.39, 0.29) is 0 Å². The number of fused-ring (bicyclic) bond motifs is 3. The third-order valence-corrected chi connectivity index (χ3v) is 4.97. The van der Waals surface area contributed by atoms with Crippen molar-refractivity contribution in [3.63, 3.8) is 0 Å². The normalized spacial score (nSPS) is 21.9. The van der Waals surface area contributed by atoms with Crippen LogP contribution in [0.1, 0.15) is 6.42 Å². The Bertz CT molecular complexity index is 892. The van der Waals surface area contributed by atoms with Crippen molar-refractivity contribution in [1.82, 2.24) is 14.9 Å². The van der Waals surface area contributed by atoms with Crippen LogP contribution in [0.5, 0.6) is 0 Å². The Labute approximate surface area is 134 Å². The van der Waals surface area contributed by atoms with Crippen molar-refractivity contribution in [2.45, 2.75) is 12.5 Å². The number of benzene rings is 1. The molecule has 0 bridgehead atoms. The van der Waals surface area contributed by atoms with Crippen LogP contribution >= 0.6 is 0 Å². The largest absolute Gasteiger partial charge is 0.450 e. The third-order valence-electron chi connectivity index (χ3n) is 4.97. The summed E-state index contributed by atoms with van der Waals surface area (Å²) in [6, 6.07) is 8.65. The Morgan fingerprint density at radius 3 is 2.87 bits per heavy atom. The Hall–Kier alpha value is -2.40. The Morgan fingerprint density at radius 2 is 1.96 bits per heavy atom. The van der Waals surface area contributed by atoms with Gasteiger partial charge in [-0.2, -0.15) is 0 Å². The fourth-order valence-corrected chi connectivity index (χ4v) is 3.76. The number of anilines is 1. The molecule has 5 heteroatoms. The van der Waals surface area contributed by atoms with Gasteiger partial charge in [-0.1, -0.05) is 24.3 Å². The summed E-state index contributed by atoms with van der Waals surface area (Å²) in [7, 11) is 0. The highest BCUT2D eigenvalue weighted by atomic mass is 16.3. The molecule has 5 nitrogen and oxygen atoms in total. The van der Waals surface area contributed by atoms with Gasteiger partial charge in [-0.15, -0.1) is 0 Å². The number of nitrogens with zero attached hydrogens (tertiary/aromatic N) is 4. The molecule has 0 amide bonds. The van der Waals surface area contributed by atoms with Crippen molar-refractivity contribution in [3.05, 3.63) is 42.7 Å². The molecule has 1 atom stereocenters. The highest BCUT2D eigenvalue weighted by molar-refractivity contribution is 6.05. The molecule has 0 aliphatic carbocycles. The van der Waals surface area contributed by atoms with Gasteiger partial charge >= 0.3 is 0 Å². The minimum Gasteiger partial charge on any atom is -0.450 e. The van der Waals surface area contributed by atoms with Crippen LogP contribution in [0.25, 0.3) is 22.1 Å². The summed E-state index contributed by atoms with van der Waals surface area (Å²) in [4.78, 5) is 13.8. The molecule has 1 aromatic carbocycles. The summed E-state index contributed by atoms with van der Waals surface area (Å²) >= 11 is 0. The first-order valence-electron chi connectivity index (χ1n) is 8.16. The Morgan fingerprint density at radius 1 is 1.09 bits per heavy atom. The number of rotatable bonds is 2. The molecule has 4 heterocycles. The second kappa shape index (κ2) is 5.06. The molecular weight excluding hydrogens is 288 g/mol. The van der Waals surface area contributed by atoms with Crippen LogP contribution in [0.15, 0.2) is 47.2 Å². The van der Waals surface area contributed by atoms with E-state index in [2.05, 4.69) is 38.0 Å². The summed E-state index contributed by atoms with van der Waals surface area (Å²) in [6.07, 6.45) is 7.34. The molecule has 1 unspecified atom stereocenters. The standard InChI is InChI=1S/C18H18N4O/c1-2-6-15-14(5-1)16-17(23-15)18(20-12-19-16)22-10-7-13(11-22)21-8-3-4-9-21/h1-6,12-13H,7-11H2. The second-order valence-electron chi connectivity index (χ2n) is 6.29. The van der Waals surface area contributed by atoms with Gasteiger partial charge in [-0.05, 0) is 18.6 Å². The zero-order chi connectivity index (χ0) is 15.2. The Kier molecular flexibility index (Phi) is 2.88. The summed E-state index contributed by atoms with van der Waals surface area (Å²) in [5.74, 6) is 0.931. The molecule has 5 rings (SSSR count). The van der Waals surface area contributed by atoms with Crippen molar-refractivity contribution < 1.29 is 4.42 Å². The van der Waals surface area contributed by atoms with E-state index in [1.165, 1.54) is 6.42 Å². The van der Waals surface area contributed by atoms with Crippen LogP contribution in [0, 0.1) is 0 Å². The highest BCUT2D eigenvalue weighted by Crippen LogP contribution is 2.33. The van der Waals surface area contributed by atoms with E-state index >= 15 is 0 Å². The van der Waals surface area contributed by atoms with E-state index in [9.17, 15) is 0 Å². The topological polar surface area (TPSA) is 45.4 Å². The minimum atomic E-state index is 0.597. The van der Waals surface area contributed by atoms with Crippen LogP contribution < -0.4 is 4.90 Å². The van der Waals surface area contributed by atoms with Crippen LogP contribution in [0.3, 0.4) is 0 Å². The van der Waals surface area contributed by atoms with Gasteiger partial charge in [0.2, 0.25) is 0 Å². The molecule has 0 spiro atoms. The first kappa shape index (κ1) is 13.1. The number of aromatic nitrogens is 2. The van der Waals surface area contributed by atoms with Gasteiger partial charge in [-0.25, -0.2) is 9.97 Å².